The number of H-pyrrole nitrogens is 2. The van der Waals surface area contributed by atoms with Crippen LogP contribution in [0.4, 0.5) is 4.39 Å². The Balaban J connectivity index is 1.64. The van der Waals surface area contributed by atoms with E-state index >= 15 is 0 Å². The normalized spacial score (nSPS) is 12.7. The molecule has 6 nitrogen and oxygen atoms in total. The number of aromatic nitrogens is 5. The van der Waals surface area contributed by atoms with Crippen LogP contribution in [-0.4, -0.2) is 25.1 Å². The van der Waals surface area contributed by atoms with E-state index in [4.69, 9.17) is 10.7 Å². The predicted octanol–water partition coefficient (Wildman–Crippen LogP) is 5.80. The van der Waals surface area contributed by atoms with Crippen LogP contribution in [0, 0.1) is 5.13 Å². The van der Waals surface area contributed by atoms with Crippen LogP contribution in [0.2, 0.25) is 0 Å². The molecule has 8 heteroatoms. The van der Waals surface area contributed by atoms with Crippen molar-refractivity contribution < 1.29 is 4.39 Å². The Hall–Kier alpha value is -4.04. The average Bonchev–Trinajstić information content (AvgIpc) is 3.53. The van der Waals surface area contributed by atoms with Crippen LogP contribution in [0.5, 0.6) is 0 Å². The number of nitrogens with one attached hydrogen (secondary N) is 2. The second-order valence-electron chi connectivity index (χ2n) is 7.17. The number of hydrogen-bond donors (Lipinski definition) is 3. The number of fused-ring (bicyclic) bond motifs is 2. The summed E-state index contributed by atoms with van der Waals surface area (Å²) in [5, 5.41) is 8.15. The largest absolute Gasteiger partial charge is 0.399 e. The van der Waals surface area contributed by atoms with Crippen molar-refractivity contribution in [2.24, 2.45) is 5.73 Å². The van der Waals surface area contributed by atoms with E-state index in [1.807, 2.05) is 43.3 Å². The Morgan fingerprint density at radius 3 is 2.84 bits per heavy atom. The Morgan fingerprint density at radius 1 is 1.22 bits per heavy atom. The number of pyridine rings is 1. The highest BCUT2D eigenvalue weighted by atomic mass is 32.1. The minimum atomic E-state index is -0.225. The lowest BCUT2D eigenvalue weighted by molar-refractivity contribution is 0.657. The number of thiophene rings is 1. The minimum absolute atomic E-state index is 0.225. The summed E-state index contributed by atoms with van der Waals surface area (Å²) in [4.78, 5) is 13.5. The molecule has 32 heavy (non-hydrogen) atoms. The Morgan fingerprint density at radius 2 is 2.09 bits per heavy atom. The number of nitrogens with two attached hydrogens (primary N) is 1. The third-order valence-corrected chi connectivity index (χ3v) is 6.09. The maximum absolute atomic E-state index is 13.6. The van der Waals surface area contributed by atoms with Crippen molar-refractivity contribution in [3.63, 3.8) is 0 Å². The first-order valence-corrected chi connectivity index (χ1v) is 10.7. The quantitative estimate of drug-likeness (QED) is 0.300. The third kappa shape index (κ3) is 3.40. The molecule has 1 aromatic carbocycles. The van der Waals surface area contributed by atoms with Gasteiger partial charge in [0, 0.05) is 21.5 Å². The smallest absolute Gasteiger partial charge is 0.176 e. The number of imidazole rings is 1. The summed E-state index contributed by atoms with van der Waals surface area (Å²) in [7, 11) is 0. The van der Waals surface area contributed by atoms with E-state index in [1.165, 1.54) is 6.07 Å². The van der Waals surface area contributed by atoms with Gasteiger partial charge in [0.25, 0.3) is 0 Å². The first-order valence-electron chi connectivity index (χ1n) is 9.92. The lowest BCUT2D eigenvalue weighted by Gasteiger charge is -2.03. The van der Waals surface area contributed by atoms with Crippen LogP contribution < -0.4 is 5.73 Å². The molecule has 5 aromatic rings. The van der Waals surface area contributed by atoms with Gasteiger partial charge in [-0.1, -0.05) is 24.8 Å². The van der Waals surface area contributed by atoms with Crippen LogP contribution in [-0.2, 0) is 0 Å². The van der Waals surface area contributed by atoms with E-state index in [2.05, 4.69) is 26.7 Å². The van der Waals surface area contributed by atoms with Crippen molar-refractivity contribution in [3.05, 3.63) is 83.9 Å². The lowest BCUT2D eigenvalue weighted by Crippen LogP contribution is -1.94. The molecule has 0 unspecified atom stereocenters. The molecule has 0 aliphatic rings. The molecular weight excluding hydrogens is 423 g/mol. The van der Waals surface area contributed by atoms with Crippen LogP contribution in [0.25, 0.3) is 49.5 Å². The fraction of sp³-hybridized carbons (Fsp3) is 0.0417. The topological polar surface area (TPSA) is 96.3 Å². The molecule has 0 aliphatic carbocycles. The van der Waals surface area contributed by atoms with Crippen molar-refractivity contribution in [1.82, 2.24) is 25.1 Å². The van der Waals surface area contributed by atoms with E-state index in [9.17, 15) is 4.39 Å². The Bertz CT molecular complexity index is 1530. The first kappa shape index (κ1) is 19.9. The predicted molar refractivity (Wildman–Crippen MR) is 128 cm³/mol. The summed E-state index contributed by atoms with van der Waals surface area (Å²) < 4.78 is 13.6. The fourth-order valence-electron chi connectivity index (χ4n) is 3.60. The van der Waals surface area contributed by atoms with Gasteiger partial charge in [-0.05, 0) is 48.9 Å². The van der Waals surface area contributed by atoms with Gasteiger partial charge in [0.15, 0.2) is 11.0 Å². The molecule has 4 heterocycles. The molecule has 0 radical (unpaired) electrons. The average molecular weight is 443 g/mol. The molecule has 5 rings (SSSR count). The second kappa shape index (κ2) is 7.90. The van der Waals surface area contributed by atoms with Gasteiger partial charge in [-0.2, -0.15) is 9.49 Å². The molecule has 0 aliphatic heterocycles. The summed E-state index contributed by atoms with van der Waals surface area (Å²) >= 11 is 1.10. The van der Waals surface area contributed by atoms with E-state index in [0.29, 0.717) is 17.2 Å². The van der Waals surface area contributed by atoms with Gasteiger partial charge in [-0.25, -0.2) is 4.98 Å². The number of benzene rings is 1. The van der Waals surface area contributed by atoms with Gasteiger partial charge < -0.3 is 10.7 Å². The van der Waals surface area contributed by atoms with Crippen LogP contribution in [0.3, 0.4) is 0 Å². The van der Waals surface area contributed by atoms with Crippen LogP contribution >= 0.6 is 11.3 Å². The number of para-hydroxylation sites is 1. The lowest BCUT2D eigenvalue weighted by atomic mass is 10.1. The molecule has 0 saturated heterocycles. The van der Waals surface area contributed by atoms with Crippen LogP contribution in [0.15, 0.2) is 73.1 Å². The van der Waals surface area contributed by atoms with Gasteiger partial charge >= 0.3 is 0 Å². The summed E-state index contributed by atoms with van der Waals surface area (Å²) in [6, 6.07) is 11.0. The standard InChI is InChI=1S/C24H19FN6S/c1-3-13(10-14(26)4-2)18-11-16-19(12-27-18)30-31-23(16)24-28-17-7-5-6-15(22(17)29-24)20-8-9-21(25)32-20/h3-12H,2,26H2,1H3,(H,28,29)(H,30,31)/b13-3+,14-10+. The number of aromatic amines is 2. The Labute approximate surface area is 187 Å². The van der Waals surface area contributed by atoms with Gasteiger partial charge in [-0.3, -0.25) is 10.1 Å². The molecule has 0 saturated carbocycles. The van der Waals surface area contributed by atoms with Gasteiger partial charge in [0.1, 0.15) is 5.69 Å². The number of rotatable bonds is 5. The van der Waals surface area contributed by atoms with E-state index < -0.39 is 0 Å². The molecule has 4 aromatic heterocycles. The number of allylic oxidation sites excluding steroid dienone is 4. The molecule has 0 amide bonds. The molecule has 158 valence electrons. The molecule has 0 fully saturated rings. The van der Waals surface area contributed by atoms with E-state index in [0.717, 1.165) is 55.0 Å². The van der Waals surface area contributed by atoms with Crippen molar-refractivity contribution in [1.29, 1.82) is 0 Å². The molecule has 0 atom stereocenters. The molecule has 4 N–H and O–H groups in total. The number of hydrogen-bond acceptors (Lipinski definition) is 5. The van der Waals surface area contributed by atoms with Gasteiger partial charge in [0.2, 0.25) is 0 Å². The second-order valence-corrected chi connectivity index (χ2v) is 8.20. The van der Waals surface area contributed by atoms with Gasteiger partial charge in [-0.15, -0.1) is 11.3 Å². The van der Waals surface area contributed by atoms with Crippen molar-refractivity contribution in [2.75, 3.05) is 0 Å². The zero-order valence-electron chi connectivity index (χ0n) is 17.2. The van der Waals surface area contributed by atoms with Crippen molar-refractivity contribution in [2.45, 2.75) is 6.92 Å². The fourth-order valence-corrected chi connectivity index (χ4v) is 4.36. The molecule has 0 bridgehead atoms. The van der Waals surface area contributed by atoms with E-state index in [1.54, 1.807) is 18.3 Å². The monoisotopic (exact) mass is 442 g/mol. The van der Waals surface area contributed by atoms with Crippen LogP contribution in [0.1, 0.15) is 12.6 Å². The van der Waals surface area contributed by atoms with Gasteiger partial charge in [0.05, 0.1) is 28.4 Å². The highest BCUT2D eigenvalue weighted by Gasteiger charge is 2.17. The maximum Gasteiger partial charge on any atom is 0.176 e. The number of halogens is 1. The van der Waals surface area contributed by atoms with Crippen molar-refractivity contribution in [3.8, 4) is 22.0 Å². The Kier molecular flexibility index (Phi) is 4.91. The van der Waals surface area contributed by atoms with E-state index in [-0.39, 0.29) is 5.13 Å². The first-order chi connectivity index (χ1) is 15.6. The zero-order chi connectivity index (χ0) is 22.2. The maximum atomic E-state index is 13.6. The summed E-state index contributed by atoms with van der Waals surface area (Å²) in [5.74, 6) is 0.621. The number of nitrogens with zero attached hydrogens (tertiary/aromatic N) is 3. The molecular formula is C24H19FN6S. The highest BCUT2D eigenvalue weighted by molar-refractivity contribution is 7.14. The minimum Gasteiger partial charge on any atom is -0.399 e. The third-order valence-electron chi connectivity index (χ3n) is 5.19. The highest BCUT2D eigenvalue weighted by Crippen LogP contribution is 2.34. The summed E-state index contributed by atoms with van der Waals surface area (Å²) in [6.45, 7) is 5.63. The summed E-state index contributed by atoms with van der Waals surface area (Å²) in [6.07, 6.45) is 7.11. The molecule has 0 spiro atoms. The summed E-state index contributed by atoms with van der Waals surface area (Å²) in [5.41, 5.74) is 12.1. The zero-order valence-corrected chi connectivity index (χ0v) is 18.0. The SMILES string of the molecule is C=C/C(N)=C\C(=C/C)c1cc2c(-c3nc4c(-c5ccc(F)s5)cccc4[nH]3)n[nH]c2cn1. The van der Waals surface area contributed by atoms with Crippen molar-refractivity contribution >= 4 is 38.8 Å².